The van der Waals surface area contributed by atoms with Gasteiger partial charge in [-0.15, -0.1) is 0 Å². The zero-order chi connectivity index (χ0) is 18.6. The van der Waals surface area contributed by atoms with Crippen molar-refractivity contribution in [2.45, 2.75) is 32.2 Å². The van der Waals surface area contributed by atoms with Crippen LogP contribution in [0.5, 0.6) is 0 Å². The molecule has 0 saturated carbocycles. The van der Waals surface area contributed by atoms with Crippen molar-refractivity contribution in [2.75, 3.05) is 10.6 Å². The first kappa shape index (κ1) is 17.3. The molecule has 1 amide bonds. The first-order chi connectivity index (χ1) is 13.2. The van der Waals surface area contributed by atoms with Gasteiger partial charge >= 0.3 is 0 Å². The van der Waals surface area contributed by atoms with Gasteiger partial charge in [0.15, 0.2) is 0 Å². The number of nitrogens with one attached hydrogen (secondary N) is 2. The van der Waals surface area contributed by atoms with E-state index in [9.17, 15) is 4.79 Å². The minimum atomic E-state index is -0.326. The third-order valence-electron chi connectivity index (χ3n) is 5.14. The molecule has 0 spiro atoms. The molecule has 1 atom stereocenters. The summed E-state index contributed by atoms with van der Waals surface area (Å²) in [6, 6.07) is 24.1. The number of fused-ring (bicyclic) bond motifs is 1. The normalized spacial score (nSPS) is 13.7. The number of hydrogen-bond acceptors (Lipinski definition) is 2. The van der Waals surface area contributed by atoms with Crippen LogP contribution in [-0.2, 0) is 17.6 Å². The maximum absolute atomic E-state index is 12.8. The van der Waals surface area contributed by atoms with Crippen LogP contribution in [0.2, 0.25) is 0 Å². The lowest BCUT2D eigenvalue weighted by Gasteiger charge is -2.18. The van der Waals surface area contributed by atoms with Crippen molar-refractivity contribution in [1.82, 2.24) is 0 Å². The Morgan fingerprint density at radius 3 is 2.48 bits per heavy atom. The van der Waals surface area contributed by atoms with Gasteiger partial charge in [0.2, 0.25) is 5.91 Å². The molecule has 0 fully saturated rings. The fourth-order valence-corrected chi connectivity index (χ4v) is 3.68. The highest BCUT2D eigenvalue weighted by Crippen LogP contribution is 2.28. The lowest BCUT2D eigenvalue weighted by atomic mass is 10.0. The Labute approximate surface area is 160 Å². The van der Waals surface area contributed by atoms with Crippen LogP contribution in [0, 0.1) is 0 Å². The number of rotatable bonds is 5. The first-order valence-electron chi connectivity index (χ1n) is 9.54. The van der Waals surface area contributed by atoms with Crippen LogP contribution in [0.15, 0.2) is 72.8 Å². The summed E-state index contributed by atoms with van der Waals surface area (Å²) < 4.78 is 0. The van der Waals surface area contributed by atoms with Gasteiger partial charge in [-0.1, -0.05) is 54.6 Å². The van der Waals surface area contributed by atoms with Gasteiger partial charge in [-0.2, -0.15) is 0 Å². The number of carbonyl (C=O) groups excluding carboxylic acids is 1. The highest BCUT2D eigenvalue weighted by molar-refractivity contribution is 5.99. The van der Waals surface area contributed by atoms with Crippen molar-refractivity contribution in [1.29, 1.82) is 0 Å². The van der Waals surface area contributed by atoms with Crippen molar-refractivity contribution in [2.24, 2.45) is 0 Å². The van der Waals surface area contributed by atoms with Crippen molar-refractivity contribution in [3.8, 4) is 11.1 Å². The Hall–Kier alpha value is -3.07. The quantitative estimate of drug-likeness (QED) is 0.653. The van der Waals surface area contributed by atoms with Crippen LogP contribution >= 0.6 is 0 Å². The summed E-state index contributed by atoms with van der Waals surface area (Å²) >= 11 is 0. The molecule has 136 valence electrons. The summed E-state index contributed by atoms with van der Waals surface area (Å²) in [5, 5.41) is 6.42. The van der Waals surface area contributed by atoms with E-state index in [-0.39, 0.29) is 11.9 Å². The number of amides is 1. The molecule has 3 aromatic carbocycles. The van der Waals surface area contributed by atoms with Gasteiger partial charge in [-0.05, 0) is 61.1 Å². The fourth-order valence-electron chi connectivity index (χ4n) is 3.68. The zero-order valence-electron chi connectivity index (χ0n) is 15.5. The zero-order valence-corrected chi connectivity index (χ0v) is 15.5. The molecule has 0 aromatic heterocycles. The third-order valence-corrected chi connectivity index (χ3v) is 5.14. The molecule has 3 nitrogen and oxygen atoms in total. The highest BCUT2D eigenvalue weighted by atomic mass is 16.2. The molecule has 2 N–H and O–H groups in total. The summed E-state index contributed by atoms with van der Waals surface area (Å²) in [6.45, 7) is 1.90. The molecule has 0 bridgehead atoms. The van der Waals surface area contributed by atoms with E-state index in [1.807, 2.05) is 49.4 Å². The van der Waals surface area contributed by atoms with Gasteiger partial charge in [0.25, 0.3) is 0 Å². The predicted molar refractivity (Wildman–Crippen MR) is 112 cm³/mol. The maximum Gasteiger partial charge on any atom is 0.246 e. The third kappa shape index (κ3) is 3.87. The Morgan fingerprint density at radius 1 is 0.889 bits per heavy atom. The van der Waals surface area contributed by atoms with E-state index in [0.717, 1.165) is 28.9 Å². The van der Waals surface area contributed by atoms with Gasteiger partial charge in [-0.3, -0.25) is 4.79 Å². The van der Waals surface area contributed by atoms with Crippen LogP contribution in [-0.4, -0.2) is 11.9 Å². The van der Waals surface area contributed by atoms with Crippen LogP contribution in [0.25, 0.3) is 11.1 Å². The molecule has 0 aliphatic heterocycles. The molecule has 3 aromatic rings. The van der Waals surface area contributed by atoms with E-state index in [4.69, 9.17) is 0 Å². The molecule has 1 aliphatic carbocycles. The van der Waals surface area contributed by atoms with E-state index in [1.54, 1.807) is 0 Å². The van der Waals surface area contributed by atoms with Gasteiger partial charge in [0, 0.05) is 16.9 Å². The van der Waals surface area contributed by atoms with E-state index in [2.05, 4.69) is 41.0 Å². The topological polar surface area (TPSA) is 41.1 Å². The van der Waals surface area contributed by atoms with Crippen LogP contribution in [0.3, 0.4) is 0 Å². The number of aryl methyl sites for hydroxylation is 2. The van der Waals surface area contributed by atoms with Crippen LogP contribution in [0.4, 0.5) is 11.4 Å². The Kier molecular flexibility index (Phi) is 4.93. The highest BCUT2D eigenvalue weighted by Gasteiger charge is 2.16. The summed E-state index contributed by atoms with van der Waals surface area (Å²) in [5.41, 5.74) is 6.80. The molecule has 4 rings (SSSR count). The van der Waals surface area contributed by atoms with Crippen molar-refractivity contribution >= 4 is 17.3 Å². The number of anilines is 2. The summed E-state index contributed by atoms with van der Waals surface area (Å²) in [6.07, 6.45) is 3.53. The lowest BCUT2D eigenvalue weighted by Crippen LogP contribution is -2.32. The average Bonchev–Trinajstić information content (AvgIpc) is 3.17. The minimum absolute atomic E-state index is 0.0427. The maximum atomic E-state index is 12.8. The van der Waals surface area contributed by atoms with Gasteiger partial charge in [-0.25, -0.2) is 0 Å². The number of benzene rings is 3. The van der Waals surface area contributed by atoms with Crippen molar-refractivity contribution in [3.05, 3.63) is 83.9 Å². The lowest BCUT2D eigenvalue weighted by molar-refractivity contribution is -0.116. The molecule has 0 heterocycles. The number of carbonyl (C=O) groups is 1. The summed E-state index contributed by atoms with van der Waals surface area (Å²) in [4.78, 5) is 12.8. The molecular formula is C24H24N2O. The van der Waals surface area contributed by atoms with E-state index < -0.39 is 0 Å². The molecule has 0 radical (unpaired) electrons. The molecule has 0 unspecified atom stereocenters. The first-order valence-corrected chi connectivity index (χ1v) is 9.54. The predicted octanol–water partition coefficient (Wildman–Crippen LogP) is 5.28. The second kappa shape index (κ2) is 7.67. The molecule has 27 heavy (non-hydrogen) atoms. The Morgan fingerprint density at radius 2 is 1.63 bits per heavy atom. The van der Waals surface area contributed by atoms with Gasteiger partial charge in [0.05, 0.1) is 0 Å². The van der Waals surface area contributed by atoms with Crippen LogP contribution in [0.1, 0.15) is 24.5 Å². The Balaban J connectivity index is 1.48. The van der Waals surface area contributed by atoms with Crippen LogP contribution < -0.4 is 10.6 Å². The molecule has 1 aliphatic rings. The van der Waals surface area contributed by atoms with E-state index >= 15 is 0 Å². The standard InChI is InChI=1S/C24H24N2O/c1-17(25-21-15-14-18-10-7-11-20(18)16-21)24(27)26-23-13-6-5-12-22(23)19-8-3-2-4-9-19/h2-6,8-9,12-17,25H,7,10-11H2,1H3,(H,26,27)/t17-/m1/s1. The molecular weight excluding hydrogens is 332 g/mol. The fraction of sp³-hybridized carbons (Fsp3) is 0.208. The molecule has 3 heteroatoms. The van der Waals surface area contributed by atoms with Crippen molar-refractivity contribution < 1.29 is 4.79 Å². The average molecular weight is 356 g/mol. The monoisotopic (exact) mass is 356 g/mol. The number of para-hydroxylation sites is 1. The number of hydrogen-bond donors (Lipinski definition) is 2. The summed E-state index contributed by atoms with van der Waals surface area (Å²) in [7, 11) is 0. The minimum Gasteiger partial charge on any atom is -0.374 e. The smallest absolute Gasteiger partial charge is 0.246 e. The van der Waals surface area contributed by atoms with Gasteiger partial charge < -0.3 is 10.6 Å². The second-order valence-electron chi connectivity index (χ2n) is 7.10. The van der Waals surface area contributed by atoms with Crippen molar-refractivity contribution in [3.63, 3.8) is 0 Å². The summed E-state index contributed by atoms with van der Waals surface area (Å²) in [5.74, 6) is -0.0427. The Bertz CT molecular complexity index is 950. The largest absolute Gasteiger partial charge is 0.374 e. The van der Waals surface area contributed by atoms with E-state index in [1.165, 1.54) is 24.0 Å². The van der Waals surface area contributed by atoms with Gasteiger partial charge in [0.1, 0.15) is 6.04 Å². The second-order valence-corrected chi connectivity index (χ2v) is 7.10. The van der Waals surface area contributed by atoms with E-state index in [0.29, 0.717) is 0 Å². The molecule has 0 saturated heterocycles. The SMILES string of the molecule is C[C@@H](Nc1ccc2c(c1)CCC2)C(=O)Nc1ccccc1-c1ccccc1.